The molecule has 0 N–H and O–H groups in total. The molecule has 0 aromatic rings. The molecular formula is C18H38O3S. The molecular weight excluding hydrogens is 296 g/mol. The normalized spacial score (nSPS) is 15.7. The largest absolute Gasteiger partial charge is 0.378 e. The molecule has 0 aliphatic rings. The van der Waals surface area contributed by atoms with Gasteiger partial charge in [-0.3, -0.25) is 0 Å². The Kier molecular flexibility index (Phi) is 16.3. The first-order chi connectivity index (χ1) is 10.6. The second-order valence-electron chi connectivity index (χ2n) is 6.15. The van der Waals surface area contributed by atoms with Gasteiger partial charge in [0, 0.05) is 19.8 Å². The molecule has 0 aromatic heterocycles. The fourth-order valence-corrected chi connectivity index (χ4v) is 2.35. The summed E-state index contributed by atoms with van der Waals surface area (Å²) in [5.74, 6) is 3.58. The fraction of sp³-hybridized carbons (Fsp3) is 1.00. The lowest BCUT2D eigenvalue weighted by atomic mass is 10.1. The molecule has 0 saturated carbocycles. The van der Waals surface area contributed by atoms with E-state index >= 15 is 0 Å². The number of hydrogen-bond donors (Lipinski definition) is 0. The predicted molar refractivity (Wildman–Crippen MR) is 97.9 cm³/mol. The highest BCUT2D eigenvalue weighted by Crippen LogP contribution is 2.07. The third kappa shape index (κ3) is 13.9. The maximum atomic E-state index is 5.96. The molecule has 3 nitrogen and oxygen atoms in total. The van der Waals surface area contributed by atoms with Crippen LogP contribution in [0, 0.1) is 11.8 Å². The van der Waals surface area contributed by atoms with Gasteiger partial charge in [0.2, 0.25) is 0 Å². The van der Waals surface area contributed by atoms with E-state index in [1.165, 1.54) is 11.5 Å². The lowest BCUT2D eigenvalue weighted by Crippen LogP contribution is -2.28. The van der Waals surface area contributed by atoms with Gasteiger partial charge in [-0.25, -0.2) is 0 Å². The summed E-state index contributed by atoms with van der Waals surface area (Å²) in [6, 6.07) is 0. The first kappa shape index (κ1) is 22.2. The highest BCUT2D eigenvalue weighted by Gasteiger charge is 2.12. The van der Waals surface area contributed by atoms with Gasteiger partial charge in [0.15, 0.2) is 0 Å². The number of thioether (sulfide) groups is 1. The predicted octanol–water partition coefficient (Wildman–Crippen LogP) is 4.64. The molecule has 0 bridgehead atoms. The quantitative estimate of drug-likeness (QED) is 0.384. The van der Waals surface area contributed by atoms with Crippen molar-refractivity contribution in [2.75, 3.05) is 44.5 Å². The summed E-state index contributed by atoms with van der Waals surface area (Å²) in [6.45, 7) is 14.7. The van der Waals surface area contributed by atoms with Crippen LogP contribution in [-0.4, -0.2) is 50.6 Å². The van der Waals surface area contributed by atoms with Crippen LogP contribution in [0.25, 0.3) is 0 Å². The SMILES string of the molecule is CCSCCCOC(COCC(C)CC)COCC(C)CC. The van der Waals surface area contributed by atoms with Crippen molar-refractivity contribution in [1.29, 1.82) is 0 Å². The van der Waals surface area contributed by atoms with Crippen LogP contribution in [0.15, 0.2) is 0 Å². The summed E-state index contributed by atoms with van der Waals surface area (Å²) in [7, 11) is 0. The van der Waals surface area contributed by atoms with Crippen LogP contribution in [-0.2, 0) is 14.2 Å². The standard InChI is InChI=1S/C18H38O3S/c1-6-16(4)12-19-14-18(15-20-13-17(5)7-2)21-10-9-11-22-8-3/h16-18H,6-15H2,1-5H3. The smallest absolute Gasteiger partial charge is 0.104 e. The van der Waals surface area contributed by atoms with Crippen LogP contribution >= 0.6 is 11.8 Å². The van der Waals surface area contributed by atoms with Gasteiger partial charge in [0.25, 0.3) is 0 Å². The van der Waals surface area contributed by atoms with Crippen LogP contribution in [0.2, 0.25) is 0 Å². The van der Waals surface area contributed by atoms with E-state index in [2.05, 4.69) is 34.6 Å². The molecule has 0 spiro atoms. The molecule has 134 valence electrons. The van der Waals surface area contributed by atoms with Gasteiger partial charge in [0.05, 0.1) is 13.2 Å². The van der Waals surface area contributed by atoms with E-state index < -0.39 is 0 Å². The molecule has 0 heterocycles. The van der Waals surface area contributed by atoms with Crippen LogP contribution in [0.1, 0.15) is 53.9 Å². The maximum Gasteiger partial charge on any atom is 0.104 e. The Labute approximate surface area is 142 Å². The van der Waals surface area contributed by atoms with Crippen molar-refractivity contribution in [3.63, 3.8) is 0 Å². The Balaban J connectivity index is 3.91. The zero-order valence-corrected chi connectivity index (χ0v) is 16.3. The third-order valence-corrected chi connectivity index (χ3v) is 4.78. The van der Waals surface area contributed by atoms with Gasteiger partial charge in [-0.05, 0) is 29.8 Å². The van der Waals surface area contributed by atoms with E-state index in [-0.39, 0.29) is 6.10 Å². The zero-order valence-electron chi connectivity index (χ0n) is 15.4. The van der Waals surface area contributed by atoms with Crippen molar-refractivity contribution >= 4 is 11.8 Å². The lowest BCUT2D eigenvalue weighted by Gasteiger charge is -2.20. The summed E-state index contributed by atoms with van der Waals surface area (Å²) in [5.41, 5.74) is 0. The average molecular weight is 335 g/mol. The van der Waals surface area contributed by atoms with Gasteiger partial charge in [0.1, 0.15) is 6.10 Å². The molecule has 0 amide bonds. The van der Waals surface area contributed by atoms with Crippen molar-refractivity contribution in [2.24, 2.45) is 11.8 Å². The van der Waals surface area contributed by atoms with Crippen LogP contribution in [0.4, 0.5) is 0 Å². The van der Waals surface area contributed by atoms with E-state index in [0.717, 1.165) is 39.1 Å². The fourth-order valence-electron chi connectivity index (χ4n) is 1.74. The first-order valence-electron chi connectivity index (χ1n) is 8.98. The van der Waals surface area contributed by atoms with Gasteiger partial charge in [-0.1, -0.05) is 47.5 Å². The van der Waals surface area contributed by atoms with Crippen molar-refractivity contribution in [3.05, 3.63) is 0 Å². The molecule has 2 atom stereocenters. The molecule has 0 aliphatic carbocycles. The molecule has 22 heavy (non-hydrogen) atoms. The summed E-state index contributed by atoms with van der Waals surface area (Å²) in [4.78, 5) is 0. The van der Waals surface area contributed by atoms with E-state index in [0.29, 0.717) is 25.0 Å². The van der Waals surface area contributed by atoms with Gasteiger partial charge < -0.3 is 14.2 Å². The highest BCUT2D eigenvalue weighted by molar-refractivity contribution is 7.99. The zero-order chi connectivity index (χ0) is 16.6. The Morgan fingerprint density at radius 3 is 1.82 bits per heavy atom. The Morgan fingerprint density at radius 1 is 0.818 bits per heavy atom. The minimum absolute atomic E-state index is 0.0692. The monoisotopic (exact) mass is 334 g/mol. The van der Waals surface area contributed by atoms with Crippen molar-refractivity contribution in [2.45, 2.75) is 60.0 Å². The minimum atomic E-state index is 0.0692. The molecule has 2 unspecified atom stereocenters. The third-order valence-electron chi connectivity index (χ3n) is 3.80. The second kappa shape index (κ2) is 16.1. The maximum absolute atomic E-state index is 5.96. The molecule has 4 heteroatoms. The second-order valence-corrected chi connectivity index (χ2v) is 7.54. The number of ether oxygens (including phenoxy) is 3. The number of hydrogen-bond acceptors (Lipinski definition) is 4. The van der Waals surface area contributed by atoms with Crippen LogP contribution in [0.3, 0.4) is 0 Å². The summed E-state index contributed by atoms with van der Waals surface area (Å²) >= 11 is 1.97. The lowest BCUT2D eigenvalue weighted by molar-refractivity contribution is -0.0675. The molecule has 0 fully saturated rings. The van der Waals surface area contributed by atoms with E-state index in [1.54, 1.807) is 0 Å². The first-order valence-corrected chi connectivity index (χ1v) is 10.1. The Hall–Kier alpha value is 0.230. The van der Waals surface area contributed by atoms with E-state index in [4.69, 9.17) is 14.2 Å². The van der Waals surface area contributed by atoms with Crippen LogP contribution < -0.4 is 0 Å². The summed E-state index contributed by atoms with van der Waals surface area (Å²) in [6.07, 6.45) is 3.49. The highest BCUT2D eigenvalue weighted by atomic mass is 32.2. The topological polar surface area (TPSA) is 27.7 Å². The summed E-state index contributed by atoms with van der Waals surface area (Å²) in [5, 5.41) is 0. The minimum Gasteiger partial charge on any atom is -0.378 e. The van der Waals surface area contributed by atoms with Gasteiger partial charge >= 0.3 is 0 Å². The van der Waals surface area contributed by atoms with Crippen molar-refractivity contribution in [1.82, 2.24) is 0 Å². The van der Waals surface area contributed by atoms with E-state index in [9.17, 15) is 0 Å². The van der Waals surface area contributed by atoms with Crippen molar-refractivity contribution < 1.29 is 14.2 Å². The average Bonchev–Trinajstić information content (AvgIpc) is 2.53. The van der Waals surface area contributed by atoms with E-state index in [1.807, 2.05) is 11.8 Å². The molecule has 0 rings (SSSR count). The molecule has 0 aliphatic heterocycles. The molecule has 0 radical (unpaired) electrons. The van der Waals surface area contributed by atoms with Gasteiger partial charge in [-0.15, -0.1) is 0 Å². The molecule has 0 aromatic carbocycles. The Bertz CT molecular complexity index is 210. The number of rotatable bonds is 16. The van der Waals surface area contributed by atoms with Crippen LogP contribution in [0.5, 0.6) is 0 Å². The Morgan fingerprint density at radius 2 is 1.36 bits per heavy atom. The van der Waals surface area contributed by atoms with Gasteiger partial charge in [-0.2, -0.15) is 11.8 Å². The summed E-state index contributed by atoms with van der Waals surface area (Å²) < 4.78 is 17.6. The molecule has 0 saturated heterocycles. The van der Waals surface area contributed by atoms with Crippen molar-refractivity contribution in [3.8, 4) is 0 Å².